The first-order valence-corrected chi connectivity index (χ1v) is 8.19. The van der Waals surface area contributed by atoms with Gasteiger partial charge in [-0.1, -0.05) is 23.7 Å². The Kier molecular flexibility index (Phi) is 4.07. The highest BCUT2D eigenvalue weighted by atomic mass is 35.5. The molecule has 0 saturated carbocycles. The minimum Gasteiger partial charge on any atom is -0.316 e. The highest BCUT2D eigenvalue weighted by Gasteiger charge is 2.46. The van der Waals surface area contributed by atoms with Gasteiger partial charge >= 0.3 is 0 Å². The first-order valence-electron chi connectivity index (χ1n) is 7.81. The molecule has 2 fully saturated rings. The van der Waals surface area contributed by atoms with E-state index in [9.17, 15) is 0 Å². The van der Waals surface area contributed by atoms with Crippen molar-refractivity contribution >= 4 is 11.6 Å². The van der Waals surface area contributed by atoms with E-state index in [0.29, 0.717) is 17.4 Å². The molecule has 0 bridgehead atoms. The van der Waals surface area contributed by atoms with E-state index < -0.39 is 0 Å². The molecule has 2 atom stereocenters. The van der Waals surface area contributed by atoms with Gasteiger partial charge in [0.2, 0.25) is 0 Å². The monoisotopic (exact) mass is 292 g/mol. The van der Waals surface area contributed by atoms with Gasteiger partial charge in [0, 0.05) is 30.1 Å². The van der Waals surface area contributed by atoms with Gasteiger partial charge in [-0.2, -0.15) is 0 Å². The van der Waals surface area contributed by atoms with Crippen LogP contribution in [0.15, 0.2) is 24.3 Å². The van der Waals surface area contributed by atoms with Crippen molar-refractivity contribution < 1.29 is 0 Å². The highest BCUT2D eigenvalue weighted by molar-refractivity contribution is 6.30. The number of piperidine rings is 1. The zero-order valence-corrected chi connectivity index (χ0v) is 13.3. The fourth-order valence-corrected chi connectivity index (χ4v) is 4.13. The molecule has 3 heteroatoms. The van der Waals surface area contributed by atoms with Crippen LogP contribution >= 0.6 is 11.6 Å². The molecular formula is C17H25ClN2. The molecular weight excluding hydrogens is 268 g/mol. The van der Waals surface area contributed by atoms with Gasteiger partial charge in [0.25, 0.3) is 0 Å². The van der Waals surface area contributed by atoms with Crippen LogP contribution in [0.5, 0.6) is 0 Å². The molecule has 2 unspecified atom stereocenters. The van der Waals surface area contributed by atoms with Crippen molar-refractivity contribution in [2.45, 2.75) is 38.6 Å². The van der Waals surface area contributed by atoms with Crippen LogP contribution in [0.3, 0.4) is 0 Å². The second-order valence-electron chi connectivity index (χ2n) is 6.73. The Morgan fingerprint density at radius 2 is 2.00 bits per heavy atom. The second kappa shape index (κ2) is 5.67. The Balaban J connectivity index is 1.86. The van der Waals surface area contributed by atoms with E-state index in [4.69, 9.17) is 11.6 Å². The molecule has 1 aromatic rings. The van der Waals surface area contributed by atoms with Crippen molar-refractivity contribution in [1.82, 2.24) is 10.2 Å². The standard InChI is InChI=1S/C17H25ClN2/c1-13(2)20-10-8-17(12-20)7-9-19-11-16(17)14-3-5-15(18)6-4-14/h3-6,13,16,19H,7-12H2,1-2H3. The Morgan fingerprint density at radius 3 is 2.65 bits per heavy atom. The van der Waals surface area contributed by atoms with Crippen molar-refractivity contribution in [3.63, 3.8) is 0 Å². The first kappa shape index (κ1) is 14.4. The first-order chi connectivity index (χ1) is 9.61. The van der Waals surface area contributed by atoms with Gasteiger partial charge in [0.05, 0.1) is 0 Å². The summed E-state index contributed by atoms with van der Waals surface area (Å²) in [5.74, 6) is 0.622. The minimum atomic E-state index is 0.462. The van der Waals surface area contributed by atoms with Gasteiger partial charge in [0.1, 0.15) is 0 Å². The van der Waals surface area contributed by atoms with Crippen molar-refractivity contribution in [2.75, 3.05) is 26.2 Å². The molecule has 20 heavy (non-hydrogen) atoms. The number of hydrogen-bond donors (Lipinski definition) is 1. The van der Waals surface area contributed by atoms with Crippen molar-refractivity contribution in [1.29, 1.82) is 0 Å². The van der Waals surface area contributed by atoms with Crippen LogP contribution in [0.2, 0.25) is 5.02 Å². The SMILES string of the molecule is CC(C)N1CCC2(CCNCC2c2ccc(Cl)cc2)C1. The largest absolute Gasteiger partial charge is 0.316 e. The van der Waals surface area contributed by atoms with Gasteiger partial charge in [-0.25, -0.2) is 0 Å². The molecule has 2 heterocycles. The predicted molar refractivity (Wildman–Crippen MR) is 85.4 cm³/mol. The van der Waals surface area contributed by atoms with Crippen molar-refractivity contribution in [3.05, 3.63) is 34.9 Å². The second-order valence-corrected chi connectivity index (χ2v) is 7.17. The molecule has 1 aromatic carbocycles. The molecule has 110 valence electrons. The fourth-order valence-electron chi connectivity index (χ4n) is 4.00. The molecule has 2 aliphatic heterocycles. The summed E-state index contributed by atoms with van der Waals surface area (Å²) in [5.41, 5.74) is 1.91. The van der Waals surface area contributed by atoms with Crippen molar-refractivity contribution in [2.24, 2.45) is 5.41 Å². The lowest BCUT2D eigenvalue weighted by Gasteiger charge is -2.42. The predicted octanol–water partition coefficient (Wildman–Crippen LogP) is 3.52. The summed E-state index contributed by atoms with van der Waals surface area (Å²) in [7, 11) is 0. The topological polar surface area (TPSA) is 15.3 Å². The zero-order valence-electron chi connectivity index (χ0n) is 12.5. The third-order valence-corrected chi connectivity index (χ3v) is 5.56. The van der Waals surface area contributed by atoms with Crippen LogP contribution in [0.25, 0.3) is 0 Å². The summed E-state index contributed by atoms with van der Waals surface area (Å²) in [5, 5.41) is 4.43. The lowest BCUT2D eigenvalue weighted by molar-refractivity contribution is 0.152. The average molecular weight is 293 g/mol. The van der Waals surface area contributed by atoms with Crippen molar-refractivity contribution in [3.8, 4) is 0 Å². The summed E-state index contributed by atoms with van der Waals surface area (Å²) in [6, 6.07) is 9.18. The number of rotatable bonds is 2. The normalized spacial score (nSPS) is 31.3. The maximum atomic E-state index is 6.04. The molecule has 0 aromatic heterocycles. The summed E-state index contributed by atoms with van der Waals surface area (Å²) < 4.78 is 0. The maximum absolute atomic E-state index is 6.04. The molecule has 3 rings (SSSR count). The summed E-state index contributed by atoms with van der Waals surface area (Å²) in [6.07, 6.45) is 2.63. The minimum absolute atomic E-state index is 0.462. The zero-order chi connectivity index (χ0) is 14.2. The van der Waals surface area contributed by atoms with E-state index in [1.165, 1.54) is 31.5 Å². The van der Waals surface area contributed by atoms with Crippen LogP contribution in [0, 0.1) is 5.41 Å². The third-order valence-electron chi connectivity index (χ3n) is 5.30. The lowest BCUT2D eigenvalue weighted by atomic mass is 9.67. The van der Waals surface area contributed by atoms with Crippen LogP contribution in [-0.2, 0) is 0 Å². The third kappa shape index (κ3) is 2.61. The maximum Gasteiger partial charge on any atom is 0.0406 e. The van der Waals surface area contributed by atoms with Gasteiger partial charge in [-0.05, 0) is 62.9 Å². The average Bonchev–Trinajstić information content (AvgIpc) is 2.86. The van der Waals surface area contributed by atoms with Gasteiger partial charge in [0.15, 0.2) is 0 Å². The van der Waals surface area contributed by atoms with Crippen LogP contribution in [0.4, 0.5) is 0 Å². The summed E-state index contributed by atoms with van der Waals surface area (Å²) >= 11 is 6.04. The van der Waals surface area contributed by atoms with E-state index in [1.807, 2.05) is 12.1 Å². The van der Waals surface area contributed by atoms with E-state index >= 15 is 0 Å². The summed E-state index contributed by atoms with van der Waals surface area (Å²) in [4.78, 5) is 2.65. The number of halogens is 1. The molecule has 2 nitrogen and oxygen atoms in total. The molecule has 0 amide bonds. The van der Waals surface area contributed by atoms with Crippen LogP contribution in [-0.4, -0.2) is 37.1 Å². The quantitative estimate of drug-likeness (QED) is 0.897. The molecule has 0 radical (unpaired) electrons. The van der Waals surface area contributed by atoms with E-state index in [-0.39, 0.29) is 0 Å². The Bertz CT molecular complexity index is 457. The number of hydrogen-bond acceptors (Lipinski definition) is 2. The van der Waals surface area contributed by atoms with Gasteiger partial charge in [-0.15, -0.1) is 0 Å². The molecule has 1 spiro atoms. The number of nitrogens with zero attached hydrogens (tertiary/aromatic N) is 1. The summed E-state index contributed by atoms with van der Waals surface area (Å²) in [6.45, 7) is 9.40. The number of benzene rings is 1. The molecule has 2 aliphatic rings. The lowest BCUT2D eigenvalue weighted by Crippen LogP contribution is -2.45. The van der Waals surface area contributed by atoms with Crippen LogP contribution in [0.1, 0.15) is 38.2 Å². The Morgan fingerprint density at radius 1 is 1.25 bits per heavy atom. The highest BCUT2D eigenvalue weighted by Crippen LogP contribution is 2.48. The fraction of sp³-hybridized carbons (Fsp3) is 0.647. The van der Waals surface area contributed by atoms with Crippen LogP contribution < -0.4 is 5.32 Å². The number of nitrogens with one attached hydrogen (secondary N) is 1. The van der Waals surface area contributed by atoms with E-state index in [1.54, 1.807) is 0 Å². The van der Waals surface area contributed by atoms with E-state index in [2.05, 4.69) is 36.2 Å². The number of likely N-dealkylation sites (tertiary alicyclic amines) is 1. The Hall–Kier alpha value is -0.570. The molecule has 0 aliphatic carbocycles. The Labute approximate surface area is 127 Å². The molecule has 1 N–H and O–H groups in total. The smallest absolute Gasteiger partial charge is 0.0406 e. The molecule has 2 saturated heterocycles. The van der Waals surface area contributed by atoms with E-state index in [0.717, 1.165) is 18.1 Å². The van der Waals surface area contributed by atoms with Gasteiger partial charge < -0.3 is 10.2 Å². The van der Waals surface area contributed by atoms with Gasteiger partial charge in [-0.3, -0.25) is 0 Å².